The summed E-state index contributed by atoms with van der Waals surface area (Å²) in [6, 6.07) is 0. The molecule has 0 aromatic carbocycles. The third kappa shape index (κ3) is 4.12. The Kier molecular flexibility index (Phi) is 7.00. The van der Waals surface area contributed by atoms with Gasteiger partial charge in [0.05, 0.1) is 0 Å². The highest BCUT2D eigenvalue weighted by Gasteiger charge is 2.53. The Balaban J connectivity index is 2.28. The number of ether oxygens (including phenoxy) is 4. The van der Waals surface area contributed by atoms with Crippen LogP contribution in [0.3, 0.4) is 0 Å². The maximum absolute atomic E-state index is 11.5. The number of carbonyl (C=O) groups is 2. The van der Waals surface area contributed by atoms with Crippen LogP contribution in [0.1, 0.15) is 0 Å². The van der Waals surface area contributed by atoms with E-state index in [9.17, 15) is 40.2 Å². The molecular formula is C14H21NO13. The lowest BCUT2D eigenvalue weighted by atomic mass is 9.98. The number of aliphatic hydroxyl groups excluding tert-OH is 4. The fourth-order valence-corrected chi connectivity index (χ4v) is 2.76. The number of hydroxylamine groups is 1. The van der Waals surface area contributed by atoms with Crippen LogP contribution in [0.2, 0.25) is 0 Å². The predicted octanol–water partition coefficient (Wildman–Crippen LogP) is -3.36. The Hall–Kier alpha value is -2.20. The van der Waals surface area contributed by atoms with Gasteiger partial charge in [0.15, 0.2) is 12.4 Å². The minimum absolute atomic E-state index is 0.727. The molecule has 2 aliphatic heterocycles. The van der Waals surface area contributed by atoms with Gasteiger partial charge in [-0.05, 0) is 0 Å². The normalized spacial score (nSPS) is 38.6. The van der Waals surface area contributed by atoms with Crippen molar-refractivity contribution in [1.82, 2.24) is 5.48 Å². The first-order valence-corrected chi connectivity index (χ1v) is 7.90. The minimum Gasteiger partial charge on any atom is -0.504 e. The number of carboxylic acids is 2. The summed E-state index contributed by atoms with van der Waals surface area (Å²) in [5, 5.41) is 58.8. The maximum atomic E-state index is 11.5. The molecule has 0 aromatic heterocycles. The summed E-state index contributed by atoms with van der Waals surface area (Å²) in [7, 11) is 2.37. The smallest absolute Gasteiger partial charge is 0.347 e. The molecule has 8 atom stereocenters. The molecule has 0 saturated carbocycles. The average Bonchev–Trinajstić information content (AvgIpc) is 2.64. The number of methoxy groups -OCH3 is 1. The predicted molar refractivity (Wildman–Crippen MR) is 82.3 cm³/mol. The molecule has 1 saturated heterocycles. The standard InChI is InChI=1S/C14H21NO13/c1-15-28-14-6(19)4(17)8(10(27-14)12(22)23)25-13-5(18)3(16)7(24-2)9(26-13)11(20)21/h3-5,7-10,13,15-19H,1-2H3,(H,20,21)(H,22,23)/t3?,4?,5?,7-,8+,9?,10?,13-/m1/s1. The van der Waals surface area contributed by atoms with E-state index in [4.69, 9.17) is 18.9 Å². The largest absolute Gasteiger partial charge is 0.504 e. The van der Waals surface area contributed by atoms with Gasteiger partial charge in [0, 0.05) is 14.2 Å². The van der Waals surface area contributed by atoms with E-state index in [0.717, 1.165) is 7.11 Å². The van der Waals surface area contributed by atoms with E-state index in [-0.39, 0.29) is 0 Å². The molecule has 1 fully saturated rings. The van der Waals surface area contributed by atoms with Gasteiger partial charge in [-0.2, -0.15) is 5.48 Å². The van der Waals surface area contributed by atoms with E-state index in [0.29, 0.717) is 0 Å². The molecule has 2 aliphatic rings. The molecule has 5 unspecified atom stereocenters. The minimum atomic E-state index is -2.01. The van der Waals surface area contributed by atoms with Crippen molar-refractivity contribution in [3.8, 4) is 0 Å². The first-order valence-electron chi connectivity index (χ1n) is 7.90. The lowest BCUT2D eigenvalue weighted by molar-refractivity contribution is -0.322. The molecule has 14 nitrogen and oxygen atoms in total. The summed E-state index contributed by atoms with van der Waals surface area (Å²) in [4.78, 5) is 27.5. The number of aliphatic carboxylic acids is 2. The number of nitrogens with one attached hydrogen (secondary N) is 1. The van der Waals surface area contributed by atoms with Gasteiger partial charge in [-0.15, -0.1) is 0 Å². The molecule has 0 aliphatic carbocycles. The van der Waals surface area contributed by atoms with Crippen molar-refractivity contribution < 1.29 is 64.0 Å². The molecule has 0 bridgehead atoms. The number of hydrogen-bond acceptors (Lipinski definition) is 12. The van der Waals surface area contributed by atoms with E-state index < -0.39 is 72.7 Å². The summed E-state index contributed by atoms with van der Waals surface area (Å²) in [5.74, 6) is -4.83. The number of hydrogen-bond donors (Lipinski definition) is 7. The quantitative estimate of drug-likeness (QED) is 0.204. The molecule has 14 heteroatoms. The third-order valence-electron chi connectivity index (χ3n) is 4.12. The van der Waals surface area contributed by atoms with Gasteiger partial charge in [-0.25, -0.2) is 9.59 Å². The highest BCUT2D eigenvalue weighted by molar-refractivity contribution is 5.74. The Morgan fingerprint density at radius 3 is 2.14 bits per heavy atom. The SMILES string of the molecule is CNOC1=C(O)C(O)[C@H](O[C@@H]2OC(C(=O)O)[C@H](OC)C(O)C2O)C(C(=O)O)O1. The van der Waals surface area contributed by atoms with Crippen molar-refractivity contribution in [3.63, 3.8) is 0 Å². The fourth-order valence-electron chi connectivity index (χ4n) is 2.76. The van der Waals surface area contributed by atoms with E-state index in [2.05, 4.69) is 10.3 Å². The number of carboxylic acid groups (broad SMARTS) is 2. The molecule has 2 heterocycles. The molecule has 28 heavy (non-hydrogen) atoms. The molecule has 0 spiro atoms. The van der Waals surface area contributed by atoms with Crippen LogP contribution in [-0.2, 0) is 33.4 Å². The van der Waals surface area contributed by atoms with Gasteiger partial charge < -0.3 is 54.4 Å². The van der Waals surface area contributed by atoms with Gasteiger partial charge >= 0.3 is 17.9 Å². The fraction of sp³-hybridized carbons (Fsp3) is 0.714. The lowest BCUT2D eigenvalue weighted by Crippen LogP contribution is -2.63. The molecule has 0 amide bonds. The average molecular weight is 411 g/mol. The number of aliphatic hydroxyl groups is 4. The topological polar surface area (TPSA) is 214 Å². The zero-order valence-electron chi connectivity index (χ0n) is 14.7. The summed E-state index contributed by atoms with van der Waals surface area (Å²) in [6.07, 6.45) is -14.6. The molecule has 7 N–H and O–H groups in total. The zero-order valence-corrected chi connectivity index (χ0v) is 14.7. The van der Waals surface area contributed by atoms with Crippen LogP contribution in [0.5, 0.6) is 0 Å². The van der Waals surface area contributed by atoms with Crippen LogP contribution in [0, 0.1) is 0 Å². The first kappa shape index (κ1) is 22.1. The molecule has 2 rings (SSSR count). The molecular weight excluding hydrogens is 390 g/mol. The van der Waals surface area contributed by atoms with Gasteiger partial charge in [0.2, 0.25) is 11.9 Å². The maximum Gasteiger partial charge on any atom is 0.347 e. The van der Waals surface area contributed by atoms with Gasteiger partial charge in [-0.3, -0.25) is 0 Å². The monoisotopic (exact) mass is 411 g/mol. The Morgan fingerprint density at radius 1 is 1.04 bits per heavy atom. The highest BCUT2D eigenvalue weighted by atomic mass is 16.8. The molecule has 0 radical (unpaired) electrons. The van der Waals surface area contributed by atoms with Crippen LogP contribution in [0.15, 0.2) is 11.7 Å². The second-order valence-corrected chi connectivity index (χ2v) is 5.85. The van der Waals surface area contributed by atoms with E-state index in [1.54, 1.807) is 0 Å². The van der Waals surface area contributed by atoms with Crippen molar-refractivity contribution >= 4 is 11.9 Å². The summed E-state index contributed by atoms with van der Waals surface area (Å²) >= 11 is 0. The van der Waals surface area contributed by atoms with Crippen LogP contribution in [0.4, 0.5) is 0 Å². The second kappa shape index (κ2) is 8.87. The van der Waals surface area contributed by atoms with Gasteiger partial charge in [0.1, 0.15) is 30.5 Å². The van der Waals surface area contributed by atoms with Crippen molar-refractivity contribution in [2.45, 2.75) is 49.0 Å². The zero-order chi connectivity index (χ0) is 21.2. The van der Waals surface area contributed by atoms with E-state index in [1.165, 1.54) is 7.05 Å². The summed E-state index contributed by atoms with van der Waals surface area (Å²) in [6.45, 7) is 0. The van der Waals surface area contributed by atoms with Crippen molar-refractivity contribution in [3.05, 3.63) is 11.7 Å². The Labute approximate surface area is 157 Å². The van der Waals surface area contributed by atoms with Gasteiger partial charge in [0.25, 0.3) is 0 Å². The van der Waals surface area contributed by atoms with Crippen molar-refractivity contribution in [2.75, 3.05) is 14.2 Å². The van der Waals surface area contributed by atoms with E-state index >= 15 is 0 Å². The van der Waals surface area contributed by atoms with Crippen LogP contribution in [0.25, 0.3) is 0 Å². The number of rotatable bonds is 7. The first-order chi connectivity index (χ1) is 13.1. The third-order valence-corrected chi connectivity index (χ3v) is 4.12. The van der Waals surface area contributed by atoms with E-state index in [1.807, 2.05) is 0 Å². The molecule has 160 valence electrons. The summed E-state index contributed by atoms with van der Waals surface area (Å²) < 4.78 is 20.0. The second-order valence-electron chi connectivity index (χ2n) is 5.85. The van der Waals surface area contributed by atoms with Crippen molar-refractivity contribution in [2.24, 2.45) is 0 Å². The lowest BCUT2D eigenvalue weighted by Gasteiger charge is -2.42. The van der Waals surface area contributed by atoms with Crippen LogP contribution >= 0.6 is 0 Å². The van der Waals surface area contributed by atoms with Crippen LogP contribution in [-0.4, -0.2) is 106 Å². The van der Waals surface area contributed by atoms with Crippen LogP contribution < -0.4 is 5.48 Å². The Morgan fingerprint density at radius 2 is 1.64 bits per heavy atom. The Bertz CT molecular complexity index is 624. The van der Waals surface area contributed by atoms with Crippen molar-refractivity contribution in [1.29, 1.82) is 0 Å². The highest BCUT2D eigenvalue weighted by Crippen LogP contribution is 2.31. The molecule has 0 aromatic rings. The summed E-state index contributed by atoms with van der Waals surface area (Å²) in [5.41, 5.74) is 2.12. The van der Waals surface area contributed by atoms with Gasteiger partial charge in [-0.1, -0.05) is 0 Å².